The average molecular weight is 428 g/mol. The summed E-state index contributed by atoms with van der Waals surface area (Å²) in [6.45, 7) is 4.15. The predicted octanol–water partition coefficient (Wildman–Crippen LogP) is 3.70. The molecule has 8 heteroatoms. The molecule has 1 N–H and O–H groups in total. The number of urea groups is 1. The van der Waals surface area contributed by atoms with Gasteiger partial charge in [0.25, 0.3) is 5.91 Å². The van der Waals surface area contributed by atoms with Crippen molar-refractivity contribution in [3.05, 3.63) is 71.8 Å². The van der Waals surface area contributed by atoms with Gasteiger partial charge in [0.15, 0.2) is 6.61 Å². The first-order chi connectivity index (χ1) is 14.5. The molecule has 4 amide bonds. The second-order valence-electron chi connectivity index (χ2n) is 6.67. The van der Waals surface area contributed by atoms with E-state index < -0.39 is 0 Å². The van der Waals surface area contributed by atoms with Crippen molar-refractivity contribution in [2.45, 2.75) is 13.0 Å². The Balaban J connectivity index is 1.64. The Kier molecular flexibility index (Phi) is 7.08. The predicted molar refractivity (Wildman–Crippen MR) is 114 cm³/mol. The molecular formula is C22H22ClN3O4. The summed E-state index contributed by atoms with van der Waals surface area (Å²) in [6.07, 6.45) is 1.77. The van der Waals surface area contributed by atoms with Gasteiger partial charge in [-0.2, -0.15) is 0 Å². The van der Waals surface area contributed by atoms with Crippen LogP contribution in [0, 0.1) is 0 Å². The van der Waals surface area contributed by atoms with Crippen LogP contribution in [0.5, 0.6) is 5.75 Å². The van der Waals surface area contributed by atoms with Crippen LogP contribution in [0.3, 0.4) is 0 Å². The standard InChI is InChI=1S/C22H22ClN3O4/c1-2-12-26-21(28)11-13-25(22(26)29)14-16-7-3-6-10-19(16)30-15-20(27)24-18-9-5-4-8-17(18)23/h2-10H,1,11-15H2,(H,24,27). The normalized spacial score (nSPS) is 13.9. The summed E-state index contributed by atoms with van der Waals surface area (Å²) in [4.78, 5) is 39.6. The van der Waals surface area contributed by atoms with Crippen LogP contribution in [0.15, 0.2) is 61.2 Å². The zero-order chi connectivity index (χ0) is 21.5. The number of halogens is 1. The fourth-order valence-electron chi connectivity index (χ4n) is 3.07. The quantitative estimate of drug-likeness (QED) is 0.651. The van der Waals surface area contributed by atoms with E-state index in [1.807, 2.05) is 12.1 Å². The first-order valence-corrected chi connectivity index (χ1v) is 9.82. The molecule has 30 heavy (non-hydrogen) atoms. The van der Waals surface area contributed by atoms with Gasteiger partial charge >= 0.3 is 6.03 Å². The van der Waals surface area contributed by atoms with Crippen molar-refractivity contribution in [1.82, 2.24) is 9.80 Å². The van der Waals surface area contributed by atoms with Crippen molar-refractivity contribution in [2.24, 2.45) is 0 Å². The van der Waals surface area contributed by atoms with Crippen molar-refractivity contribution >= 4 is 35.1 Å². The van der Waals surface area contributed by atoms with Crippen LogP contribution in [-0.2, 0) is 16.1 Å². The molecule has 1 saturated heterocycles. The van der Waals surface area contributed by atoms with Crippen molar-refractivity contribution in [3.8, 4) is 5.75 Å². The van der Waals surface area contributed by atoms with E-state index in [1.165, 1.54) is 11.0 Å². The van der Waals surface area contributed by atoms with Crippen LogP contribution in [0.4, 0.5) is 10.5 Å². The van der Waals surface area contributed by atoms with Gasteiger partial charge in [0.05, 0.1) is 17.3 Å². The third-order valence-electron chi connectivity index (χ3n) is 4.55. The molecule has 2 aromatic rings. The summed E-state index contributed by atoms with van der Waals surface area (Å²) in [6, 6.07) is 13.7. The molecule has 3 rings (SSSR count). The van der Waals surface area contributed by atoms with Crippen molar-refractivity contribution in [1.29, 1.82) is 0 Å². The van der Waals surface area contributed by atoms with Gasteiger partial charge in [-0.15, -0.1) is 6.58 Å². The van der Waals surface area contributed by atoms with Gasteiger partial charge in [-0.1, -0.05) is 48.0 Å². The van der Waals surface area contributed by atoms with E-state index in [9.17, 15) is 14.4 Å². The monoisotopic (exact) mass is 427 g/mol. The number of ether oxygens (including phenoxy) is 1. The molecule has 0 atom stereocenters. The number of carbonyl (C=O) groups is 3. The maximum atomic E-state index is 12.6. The number of carbonyl (C=O) groups excluding carboxylic acids is 3. The van der Waals surface area contributed by atoms with Gasteiger partial charge in [-0.3, -0.25) is 14.5 Å². The van der Waals surface area contributed by atoms with Gasteiger partial charge in [0.2, 0.25) is 5.91 Å². The maximum absolute atomic E-state index is 12.6. The molecule has 0 bridgehead atoms. The number of imide groups is 1. The van der Waals surface area contributed by atoms with Gasteiger partial charge < -0.3 is 15.0 Å². The van der Waals surface area contributed by atoms with E-state index in [0.717, 1.165) is 5.56 Å². The molecular weight excluding hydrogens is 406 g/mol. The van der Waals surface area contributed by atoms with E-state index in [4.69, 9.17) is 16.3 Å². The number of rotatable bonds is 8. The van der Waals surface area contributed by atoms with E-state index >= 15 is 0 Å². The molecule has 0 unspecified atom stereocenters. The molecule has 2 aromatic carbocycles. The second-order valence-corrected chi connectivity index (χ2v) is 7.08. The molecule has 0 spiro atoms. The van der Waals surface area contributed by atoms with Crippen molar-refractivity contribution in [3.63, 3.8) is 0 Å². The van der Waals surface area contributed by atoms with Crippen LogP contribution >= 0.6 is 11.6 Å². The Morgan fingerprint density at radius 2 is 1.90 bits per heavy atom. The van der Waals surface area contributed by atoms with E-state index in [1.54, 1.807) is 41.3 Å². The highest BCUT2D eigenvalue weighted by Gasteiger charge is 2.31. The fourth-order valence-corrected chi connectivity index (χ4v) is 3.25. The molecule has 0 saturated carbocycles. The van der Waals surface area contributed by atoms with E-state index in [2.05, 4.69) is 11.9 Å². The maximum Gasteiger partial charge on any atom is 0.327 e. The van der Waals surface area contributed by atoms with Gasteiger partial charge in [0.1, 0.15) is 5.75 Å². The van der Waals surface area contributed by atoms with Crippen LogP contribution in [-0.4, -0.2) is 47.3 Å². The Morgan fingerprint density at radius 3 is 2.67 bits per heavy atom. The third kappa shape index (κ3) is 5.18. The molecule has 1 aliphatic rings. The molecule has 0 radical (unpaired) electrons. The highest BCUT2D eigenvalue weighted by Crippen LogP contribution is 2.23. The summed E-state index contributed by atoms with van der Waals surface area (Å²) >= 11 is 6.05. The van der Waals surface area contributed by atoms with Crippen LogP contribution in [0.1, 0.15) is 12.0 Å². The van der Waals surface area contributed by atoms with E-state index in [-0.39, 0.29) is 44.0 Å². The average Bonchev–Trinajstić information content (AvgIpc) is 2.74. The SMILES string of the molecule is C=CCN1C(=O)CCN(Cc2ccccc2OCC(=O)Nc2ccccc2Cl)C1=O. The highest BCUT2D eigenvalue weighted by atomic mass is 35.5. The lowest BCUT2D eigenvalue weighted by atomic mass is 10.1. The molecule has 7 nitrogen and oxygen atoms in total. The number of nitrogens with one attached hydrogen (secondary N) is 1. The summed E-state index contributed by atoms with van der Waals surface area (Å²) in [5, 5.41) is 3.14. The fraction of sp³-hybridized carbons (Fsp3) is 0.227. The zero-order valence-electron chi connectivity index (χ0n) is 16.3. The summed E-state index contributed by atoms with van der Waals surface area (Å²) in [5.41, 5.74) is 1.25. The Morgan fingerprint density at radius 1 is 1.17 bits per heavy atom. The Labute approximate surface area is 179 Å². The molecule has 156 valence electrons. The summed E-state index contributed by atoms with van der Waals surface area (Å²) in [5.74, 6) is -0.0709. The number of nitrogens with zero attached hydrogens (tertiary/aromatic N) is 2. The van der Waals surface area contributed by atoms with Crippen LogP contribution < -0.4 is 10.1 Å². The number of hydrogen-bond donors (Lipinski definition) is 1. The summed E-state index contributed by atoms with van der Waals surface area (Å²) in [7, 11) is 0. The number of para-hydroxylation sites is 2. The molecule has 1 heterocycles. The number of amides is 4. The lowest BCUT2D eigenvalue weighted by molar-refractivity contribution is -0.130. The number of anilines is 1. The minimum Gasteiger partial charge on any atom is -0.483 e. The lowest BCUT2D eigenvalue weighted by Gasteiger charge is -2.33. The van der Waals surface area contributed by atoms with Gasteiger partial charge in [-0.25, -0.2) is 4.79 Å². The Hall–Kier alpha value is -3.32. The van der Waals surface area contributed by atoms with Crippen molar-refractivity contribution in [2.75, 3.05) is 25.0 Å². The third-order valence-corrected chi connectivity index (χ3v) is 4.88. The second kappa shape index (κ2) is 9.93. The largest absolute Gasteiger partial charge is 0.483 e. The lowest BCUT2D eigenvalue weighted by Crippen LogP contribution is -2.51. The van der Waals surface area contributed by atoms with E-state index in [0.29, 0.717) is 23.0 Å². The summed E-state index contributed by atoms with van der Waals surface area (Å²) < 4.78 is 5.69. The molecule has 0 aromatic heterocycles. The van der Waals surface area contributed by atoms with Gasteiger partial charge in [-0.05, 0) is 18.2 Å². The van der Waals surface area contributed by atoms with Crippen LogP contribution in [0.25, 0.3) is 0 Å². The zero-order valence-corrected chi connectivity index (χ0v) is 17.1. The van der Waals surface area contributed by atoms with Crippen LogP contribution in [0.2, 0.25) is 5.02 Å². The first kappa shape index (κ1) is 21.4. The minimum absolute atomic E-state index is 0.175. The number of hydrogen-bond acceptors (Lipinski definition) is 4. The number of benzene rings is 2. The van der Waals surface area contributed by atoms with Gasteiger partial charge in [0, 0.05) is 25.1 Å². The minimum atomic E-state index is -0.364. The first-order valence-electron chi connectivity index (χ1n) is 9.45. The Bertz CT molecular complexity index is 963. The molecule has 1 fully saturated rings. The topological polar surface area (TPSA) is 79.0 Å². The molecule has 0 aliphatic carbocycles. The van der Waals surface area contributed by atoms with Crippen molar-refractivity contribution < 1.29 is 19.1 Å². The highest BCUT2D eigenvalue weighted by molar-refractivity contribution is 6.33. The molecule has 1 aliphatic heterocycles. The smallest absolute Gasteiger partial charge is 0.327 e.